The van der Waals surface area contributed by atoms with Crippen LogP contribution in [0.2, 0.25) is 0 Å². The Morgan fingerprint density at radius 1 is 1.62 bits per heavy atom. The summed E-state index contributed by atoms with van der Waals surface area (Å²) in [4.78, 5) is 0. The van der Waals surface area contributed by atoms with E-state index in [0.29, 0.717) is 0 Å². The van der Waals surface area contributed by atoms with Crippen molar-refractivity contribution in [2.75, 3.05) is 0 Å². The summed E-state index contributed by atoms with van der Waals surface area (Å²) in [5.74, 6) is 0. The molecule has 1 fully saturated rings. The van der Waals surface area contributed by atoms with Crippen LogP contribution in [-0.4, -0.2) is 17.7 Å². The zero-order chi connectivity index (χ0) is 11.6. The van der Waals surface area contributed by atoms with E-state index >= 15 is 0 Å². The summed E-state index contributed by atoms with van der Waals surface area (Å²) in [6, 6.07) is 0. The molecule has 0 saturated carbocycles. The van der Waals surface area contributed by atoms with E-state index in [2.05, 4.69) is 12.7 Å². The summed E-state index contributed by atoms with van der Waals surface area (Å²) in [6.45, 7) is 6.02. The lowest BCUT2D eigenvalue weighted by Gasteiger charge is -2.29. The van der Waals surface area contributed by atoms with Crippen LogP contribution in [0.3, 0.4) is 0 Å². The Hall–Kier alpha value is -1.06. The third-order valence-corrected chi connectivity index (χ3v) is 3.22. The molecule has 2 nitrogen and oxygen atoms in total. The third kappa shape index (κ3) is 1.81. The molecule has 2 aliphatic rings. The summed E-state index contributed by atoms with van der Waals surface area (Å²) in [6.07, 6.45) is 12.9. The molecule has 0 amide bonds. The molecule has 3 heteroatoms. The fourth-order valence-corrected chi connectivity index (χ4v) is 2.30. The molecule has 84 valence electrons. The van der Waals surface area contributed by atoms with Gasteiger partial charge in [0.25, 0.3) is 0 Å². The molecule has 0 aromatic rings. The maximum Gasteiger partial charge on any atom is 0.492 e. The molecule has 0 radical (unpaired) electrons. The molecule has 1 atom stereocenters. The summed E-state index contributed by atoms with van der Waals surface area (Å²) in [5, 5.41) is 9.88. The average Bonchev–Trinajstić information content (AvgIpc) is 2.50. The van der Waals surface area contributed by atoms with Gasteiger partial charge in [0.05, 0.1) is 5.60 Å². The zero-order valence-corrected chi connectivity index (χ0v) is 9.65. The number of rotatable bonds is 1. The monoisotopic (exact) mass is 216 g/mol. The van der Waals surface area contributed by atoms with E-state index < -0.39 is 12.7 Å². The Bertz CT molecular complexity index is 381. The van der Waals surface area contributed by atoms with Crippen LogP contribution in [0.5, 0.6) is 0 Å². The summed E-state index contributed by atoms with van der Waals surface area (Å²) in [5.41, 5.74) is 1.24. The van der Waals surface area contributed by atoms with Crippen molar-refractivity contribution in [3.05, 3.63) is 48.0 Å². The summed E-state index contributed by atoms with van der Waals surface area (Å²) in [7, 11) is -0.841. The largest absolute Gasteiger partial charge is 0.492 e. The normalized spacial score (nSPS) is 32.5. The van der Waals surface area contributed by atoms with E-state index in [9.17, 15) is 5.02 Å². The predicted octanol–water partition coefficient (Wildman–Crippen LogP) is 2.57. The first-order chi connectivity index (χ1) is 7.69. The smallest absolute Gasteiger partial charge is 0.423 e. The van der Waals surface area contributed by atoms with Gasteiger partial charge < -0.3 is 9.68 Å². The molecular weight excluding hydrogens is 199 g/mol. The van der Waals surface area contributed by atoms with Crippen molar-refractivity contribution in [3.63, 3.8) is 0 Å². The van der Waals surface area contributed by atoms with Gasteiger partial charge in [0, 0.05) is 0 Å². The highest BCUT2D eigenvalue weighted by Gasteiger charge is 2.47. The third-order valence-electron chi connectivity index (χ3n) is 3.22. The second-order valence-electron chi connectivity index (χ2n) is 4.28. The first-order valence-corrected chi connectivity index (χ1v) is 5.76. The molecule has 1 saturated heterocycles. The molecule has 1 aliphatic carbocycles. The molecule has 2 rings (SSSR count). The summed E-state index contributed by atoms with van der Waals surface area (Å²) < 4.78 is 5.68. The first-order valence-electron chi connectivity index (χ1n) is 5.76. The topological polar surface area (TPSA) is 29.5 Å². The van der Waals surface area contributed by atoms with Crippen molar-refractivity contribution in [1.82, 2.24) is 0 Å². The van der Waals surface area contributed by atoms with Crippen LogP contribution in [0, 0.1) is 0 Å². The van der Waals surface area contributed by atoms with E-state index in [4.69, 9.17) is 4.65 Å². The molecule has 1 N–H and O–H groups in total. The number of hydrogen-bond acceptors (Lipinski definition) is 2. The van der Waals surface area contributed by atoms with Crippen molar-refractivity contribution >= 4 is 7.12 Å². The van der Waals surface area contributed by atoms with E-state index in [1.165, 1.54) is 0 Å². The maximum absolute atomic E-state index is 9.88. The highest BCUT2D eigenvalue weighted by molar-refractivity contribution is 6.55. The lowest BCUT2D eigenvalue weighted by Crippen LogP contribution is -2.30. The maximum atomic E-state index is 9.88. The Kier molecular flexibility index (Phi) is 3.17. The minimum atomic E-state index is -0.841. The van der Waals surface area contributed by atoms with Crippen LogP contribution >= 0.6 is 0 Å². The second-order valence-corrected chi connectivity index (χ2v) is 4.28. The number of allylic oxidation sites excluding steroid dienone is 4. The van der Waals surface area contributed by atoms with Crippen molar-refractivity contribution < 1.29 is 9.68 Å². The lowest BCUT2D eigenvalue weighted by molar-refractivity contribution is 0.137. The quantitative estimate of drug-likeness (QED) is 0.539. The molecule has 1 heterocycles. The van der Waals surface area contributed by atoms with Gasteiger partial charge in [-0.25, -0.2) is 0 Å². The fourth-order valence-electron chi connectivity index (χ4n) is 2.30. The number of hydrogen-bond donors (Lipinski definition) is 1. The molecule has 0 unspecified atom stereocenters. The SMILES string of the molecule is C=C1/C(=C\C=C/C)B(O)O[C@@]12C=CCCC2. The van der Waals surface area contributed by atoms with Gasteiger partial charge in [0.2, 0.25) is 0 Å². The van der Waals surface area contributed by atoms with E-state index in [-0.39, 0.29) is 0 Å². The van der Waals surface area contributed by atoms with Crippen LogP contribution in [0.4, 0.5) is 0 Å². The van der Waals surface area contributed by atoms with Gasteiger partial charge in [0.1, 0.15) is 0 Å². The Morgan fingerprint density at radius 3 is 3.06 bits per heavy atom. The standard InChI is InChI=1S/C13H17BO2/c1-3-4-8-12-11(2)13(16-14(12)15)9-6-5-7-10-13/h3-4,6,8-9,15H,2,5,7,10H2,1H3/b4-3-,12-8+/t13-/m1/s1. The molecule has 0 aromatic heterocycles. The van der Waals surface area contributed by atoms with Gasteiger partial charge in [-0.05, 0) is 37.2 Å². The Morgan fingerprint density at radius 2 is 2.44 bits per heavy atom. The summed E-state index contributed by atoms with van der Waals surface area (Å²) >= 11 is 0. The minimum Gasteiger partial charge on any atom is -0.423 e. The highest BCUT2D eigenvalue weighted by atomic mass is 16.5. The van der Waals surface area contributed by atoms with Gasteiger partial charge in [-0.1, -0.05) is 37.0 Å². The van der Waals surface area contributed by atoms with Gasteiger partial charge in [-0.3, -0.25) is 0 Å². The second kappa shape index (κ2) is 4.44. The molecular formula is C13H17BO2. The first kappa shape index (κ1) is 11.4. The Balaban J connectivity index is 2.31. The van der Waals surface area contributed by atoms with Crippen LogP contribution in [0.1, 0.15) is 26.2 Å². The fraction of sp³-hybridized carbons (Fsp3) is 0.385. The molecule has 16 heavy (non-hydrogen) atoms. The van der Waals surface area contributed by atoms with Crippen LogP contribution < -0.4 is 0 Å². The molecule has 1 aliphatic heterocycles. The minimum absolute atomic E-state index is 0.453. The average molecular weight is 216 g/mol. The highest BCUT2D eigenvalue weighted by Crippen LogP contribution is 2.42. The van der Waals surface area contributed by atoms with E-state index in [0.717, 1.165) is 30.3 Å². The Labute approximate surface area is 97.1 Å². The van der Waals surface area contributed by atoms with Gasteiger partial charge in [0.15, 0.2) is 0 Å². The van der Waals surface area contributed by atoms with Gasteiger partial charge >= 0.3 is 7.12 Å². The predicted molar refractivity (Wildman–Crippen MR) is 66.8 cm³/mol. The van der Waals surface area contributed by atoms with Gasteiger partial charge in [-0.2, -0.15) is 0 Å². The van der Waals surface area contributed by atoms with Crippen LogP contribution in [0.25, 0.3) is 0 Å². The molecule has 0 aromatic carbocycles. The van der Waals surface area contributed by atoms with Gasteiger partial charge in [-0.15, -0.1) is 0 Å². The van der Waals surface area contributed by atoms with E-state index in [1.807, 2.05) is 31.2 Å². The van der Waals surface area contributed by atoms with Crippen LogP contribution in [-0.2, 0) is 4.65 Å². The van der Waals surface area contributed by atoms with Crippen molar-refractivity contribution in [2.24, 2.45) is 0 Å². The van der Waals surface area contributed by atoms with E-state index in [1.54, 1.807) is 0 Å². The lowest BCUT2D eigenvalue weighted by atomic mass is 9.74. The van der Waals surface area contributed by atoms with Crippen molar-refractivity contribution in [3.8, 4) is 0 Å². The van der Waals surface area contributed by atoms with Crippen LogP contribution in [0.15, 0.2) is 48.0 Å². The van der Waals surface area contributed by atoms with Crippen molar-refractivity contribution in [1.29, 1.82) is 0 Å². The molecule has 0 bridgehead atoms. The molecule has 1 spiro atoms. The zero-order valence-electron chi connectivity index (χ0n) is 9.65. The van der Waals surface area contributed by atoms with Crippen molar-refractivity contribution in [2.45, 2.75) is 31.8 Å².